The van der Waals surface area contributed by atoms with Gasteiger partial charge in [0, 0.05) is 18.5 Å². The number of benzene rings is 1. The number of alkyl halides is 3. The Morgan fingerprint density at radius 1 is 1.22 bits per heavy atom. The van der Waals surface area contributed by atoms with E-state index in [1.165, 1.54) is 0 Å². The number of carbonyl (C=O) groups excluding carboxylic acids is 2. The molecule has 0 saturated carbocycles. The minimum absolute atomic E-state index is 0.00488. The summed E-state index contributed by atoms with van der Waals surface area (Å²) in [5.74, 6) is -1.50. The van der Waals surface area contributed by atoms with Gasteiger partial charge >= 0.3 is 12.2 Å². The van der Waals surface area contributed by atoms with Crippen molar-refractivity contribution in [3.63, 3.8) is 0 Å². The third-order valence-corrected chi connectivity index (χ3v) is 4.04. The summed E-state index contributed by atoms with van der Waals surface area (Å²) in [5, 5.41) is 15.1. The van der Waals surface area contributed by atoms with E-state index in [-0.39, 0.29) is 18.7 Å². The van der Waals surface area contributed by atoms with Gasteiger partial charge in [0.2, 0.25) is 5.91 Å². The highest BCUT2D eigenvalue weighted by atomic mass is 32.2. The van der Waals surface area contributed by atoms with E-state index in [4.69, 9.17) is 5.26 Å². The van der Waals surface area contributed by atoms with Crippen LogP contribution in [0.4, 0.5) is 23.7 Å². The summed E-state index contributed by atoms with van der Waals surface area (Å²) in [6.07, 6.45) is -3.66. The predicted octanol–water partition coefficient (Wildman–Crippen LogP) is 1.27. The quantitative estimate of drug-likeness (QED) is 0.588. The van der Waals surface area contributed by atoms with E-state index in [0.29, 0.717) is 0 Å². The molecule has 0 heterocycles. The third kappa shape index (κ3) is 8.41. The maximum atomic E-state index is 12.5. The molecule has 27 heavy (non-hydrogen) atoms. The third-order valence-electron chi connectivity index (χ3n) is 3.10. The molecule has 3 N–H and O–H groups in total. The molecular weight excluding hydrogens is 389 g/mol. The average Bonchev–Trinajstić information content (AvgIpc) is 2.52. The van der Waals surface area contributed by atoms with Crippen LogP contribution in [0.1, 0.15) is 12.0 Å². The molecule has 1 rings (SSSR count). The summed E-state index contributed by atoms with van der Waals surface area (Å²) in [5.41, 5.74) is -0.885. The van der Waals surface area contributed by atoms with Crippen LogP contribution in [0, 0.1) is 11.3 Å². The molecule has 1 aromatic rings. The first-order chi connectivity index (χ1) is 12.4. The zero-order valence-electron chi connectivity index (χ0n) is 14.1. The molecule has 1 unspecified atom stereocenters. The summed E-state index contributed by atoms with van der Waals surface area (Å²) in [4.78, 5) is 23.9. The molecule has 1 aromatic carbocycles. The fourth-order valence-corrected chi connectivity index (χ4v) is 2.76. The SMILES string of the molecule is CS(=O)(=O)CC(NC(=O)Nc1ccc(C(F)(F)F)cc1)C(=O)NCCC#N. The Morgan fingerprint density at radius 2 is 1.81 bits per heavy atom. The Hall–Kier alpha value is -2.81. The molecule has 0 fully saturated rings. The van der Waals surface area contributed by atoms with Crippen LogP contribution >= 0.6 is 0 Å². The van der Waals surface area contributed by atoms with Gasteiger partial charge in [-0.05, 0) is 24.3 Å². The largest absolute Gasteiger partial charge is 0.416 e. The lowest BCUT2D eigenvalue weighted by Gasteiger charge is -2.18. The van der Waals surface area contributed by atoms with Crippen molar-refractivity contribution < 1.29 is 31.2 Å². The first kappa shape index (κ1) is 22.2. The van der Waals surface area contributed by atoms with Gasteiger partial charge in [0.05, 0.1) is 23.8 Å². The van der Waals surface area contributed by atoms with Crippen LogP contribution in [-0.4, -0.2) is 45.0 Å². The number of sulfone groups is 1. The summed E-state index contributed by atoms with van der Waals surface area (Å²) in [7, 11) is -3.63. The molecule has 0 aliphatic carbocycles. The Balaban J connectivity index is 2.77. The standard InChI is InChI=1S/C15H17F3N4O4S/c1-27(25,26)9-12(13(23)20-8-2-7-19)22-14(24)21-11-5-3-10(4-6-11)15(16,17)18/h3-6,12H,2,8-9H2,1H3,(H,20,23)(H2,21,22,24). The normalized spacial score (nSPS) is 12.6. The molecular formula is C15H17F3N4O4S. The lowest BCUT2D eigenvalue weighted by Crippen LogP contribution is -2.51. The molecule has 0 bridgehead atoms. The number of hydrogen-bond acceptors (Lipinski definition) is 5. The highest BCUT2D eigenvalue weighted by Crippen LogP contribution is 2.29. The van der Waals surface area contributed by atoms with Gasteiger partial charge in [-0.15, -0.1) is 0 Å². The van der Waals surface area contributed by atoms with Gasteiger partial charge in [-0.25, -0.2) is 13.2 Å². The van der Waals surface area contributed by atoms with E-state index in [9.17, 15) is 31.2 Å². The van der Waals surface area contributed by atoms with Crippen molar-refractivity contribution in [2.24, 2.45) is 0 Å². The zero-order chi connectivity index (χ0) is 20.7. The minimum atomic E-state index is -4.52. The van der Waals surface area contributed by atoms with Crippen molar-refractivity contribution in [1.29, 1.82) is 5.26 Å². The first-order valence-electron chi connectivity index (χ1n) is 7.49. The van der Waals surface area contributed by atoms with Crippen LogP contribution in [0.3, 0.4) is 0 Å². The fraction of sp³-hybridized carbons (Fsp3) is 0.400. The van der Waals surface area contributed by atoms with E-state index in [1.54, 1.807) is 6.07 Å². The monoisotopic (exact) mass is 406 g/mol. The van der Waals surface area contributed by atoms with Gasteiger partial charge in [0.25, 0.3) is 0 Å². The van der Waals surface area contributed by atoms with Gasteiger partial charge in [-0.3, -0.25) is 4.79 Å². The summed E-state index contributed by atoms with van der Waals surface area (Å²) >= 11 is 0. The second kappa shape index (κ2) is 9.22. The predicted molar refractivity (Wildman–Crippen MR) is 90.3 cm³/mol. The van der Waals surface area contributed by atoms with Gasteiger partial charge in [-0.2, -0.15) is 18.4 Å². The number of rotatable bonds is 7. The molecule has 0 radical (unpaired) electrons. The van der Waals surface area contributed by atoms with Gasteiger partial charge in [0.1, 0.15) is 15.9 Å². The van der Waals surface area contributed by atoms with E-state index in [1.807, 2.05) is 0 Å². The number of nitrogens with zero attached hydrogens (tertiary/aromatic N) is 1. The van der Waals surface area contributed by atoms with Crippen molar-refractivity contribution in [2.45, 2.75) is 18.6 Å². The Bertz CT molecular complexity index is 817. The van der Waals surface area contributed by atoms with E-state index >= 15 is 0 Å². The van der Waals surface area contributed by atoms with Crippen molar-refractivity contribution in [3.05, 3.63) is 29.8 Å². The number of anilines is 1. The second-order valence-electron chi connectivity index (χ2n) is 5.52. The highest BCUT2D eigenvalue weighted by Gasteiger charge is 2.30. The van der Waals surface area contributed by atoms with Gasteiger partial charge < -0.3 is 16.0 Å². The van der Waals surface area contributed by atoms with Crippen LogP contribution < -0.4 is 16.0 Å². The van der Waals surface area contributed by atoms with E-state index in [0.717, 1.165) is 30.5 Å². The second-order valence-corrected chi connectivity index (χ2v) is 7.70. The Morgan fingerprint density at radius 3 is 2.30 bits per heavy atom. The van der Waals surface area contributed by atoms with Crippen LogP contribution in [0.15, 0.2) is 24.3 Å². The molecule has 0 aliphatic rings. The van der Waals surface area contributed by atoms with Crippen LogP contribution in [0.2, 0.25) is 0 Å². The van der Waals surface area contributed by atoms with Crippen molar-refractivity contribution in [3.8, 4) is 6.07 Å². The van der Waals surface area contributed by atoms with E-state index < -0.39 is 45.3 Å². The van der Waals surface area contributed by atoms with Crippen LogP contribution in [-0.2, 0) is 20.8 Å². The van der Waals surface area contributed by atoms with Gasteiger partial charge in [-0.1, -0.05) is 0 Å². The lowest BCUT2D eigenvalue weighted by molar-refractivity contribution is -0.137. The van der Waals surface area contributed by atoms with Gasteiger partial charge in [0.15, 0.2) is 0 Å². The first-order valence-corrected chi connectivity index (χ1v) is 9.55. The summed E-state index contributed by atoms with van der Waals surface area (Å²) in [6, 6.07) is 2.93. The smallest absolute Gasteiger partial charge is 0.353 e. The number of nitriles is 1. The topological polar surface area (TPSA) is 128 Å². The van der Waals surface area contributed by atoms with Crippen molar-refractivity contribution >= 4 is 27.5 Å². The number of urea groups is 1. The fourth-order valence-electron chi connectivity index (χ4n) is 1.92. The summed E-state index contributed by atoms with van der Waals surface area (Å²) < 4.78 is 60.4. The highest BCUT2D eigenvalue weighted by molar-refractivity contribution is 7.90. The molecule has 12 heteroatoms. The average molecular weight is 406 g/mol. The van der Waals surface area contributed by atoms with E-state index in [2.05, 4.69) is 16.0 Å². The number of amides is 3. The minimum Gasteiger partial charge on any atom is -0.353 e. The molecule has 8 nitrogen and oxygen atoms in total. The summed E-state index contributed by atoms with van der Waals surface area (Å²) in [6.45, 7) is -0.0300. The van der Waals surface area contributed by atoms with Crippen LogP contribution in [0.5, 0.6) is 0 Å². The number of halogens is 3. The zero-order valence-corrected chi connectivity index (χ0v) is 14.9. The molecule has 0 saturated heterocycles. The van der Waals surface area contributed by atoms with Crippen LogP contribution in [0.25, 0.3) is 0 Å². The molecule has 0 aromatic heterocycles. The lowest BCUT2D eigenvalue weighted by atomic mass is 10.2. The molecule has 148 valence electrons. The Labute approximate surface area is 153 Å². The number of nitrogens with one attached hydrogen (secondary N) is 3. The maximum absolute atomic E-state index is 12.5. The van der Waals surface area contributed by atoms with Crippen molar-refractivity contribution in [2.75, 3.05) is 23.9 Å². The molecule has 3 amide bonds. The molecule has 0 aliphatic heterocycles. The number of carbonyl (C=O) groups is 2. The molecule has 0 spiro atoms. The van der Waals surface area contributed by atoms with Crippen molar-refractivity contribution in [1.82, 2.24) is 10.6 Å². The Kier molecular flexibility index (Phi) is 7.59. The molecule has 1 atom stereocenters. The number of hydrogen-bond donors (Lipinski definition) is 3. The maximum Gasteiger partial charge on any atom is 0.416 e.